The van der Waals surface area contributed by atoms with Crippen molar-refractivity contribution in [1.82, 2.24) is 0 Å². The Bertz CT molecular complexity index is 1020. The molecule has 0 saturated heterocycles. The van der Waals surface area contributed by atoms with Crippen LogP contribution in [0.25, 0.3) is 6.08 Å². The van der Waals surface area contributed by atoms with Crippen LogP contribution >= 0.6 is 23.2 Å². The SMILES string of the molecule is C[C@@H]1CCCC(=O)CCCC=Cc2cc(OCc3ccc(Cl)cc3Cl)cc(O)c2C(=O)O1. The second-order valence-electron chi connectivity index (χ2n) is 7.87. The fourth-order valence-electron chi connectivity index (χ4n) is 3.50. The number of carbonyl (C=O) groups excluding carboxylic acids is 2. The number of rotatable bonds is 3. The number of esters is 1. The largest absolute Gasteiger partial charge is 0.507 e. The van der Waals surface area contributed by atoms with Gasteiger partial charge in [-0.2, -0.15) is 0 Å². The number of phenolic OH excluding ortho intramolecular Hbond substituents is 1. The molecule has 0 aromatic heterocycles. The van der Waals surface area contributed by atoms with Crippen LogP contribution < -0.4 is 4.74 Å². The lowest BCUT2D eigenvalue weighted by Crippen LogP contribution is -2.17. The lowest BCUT2D eigenvalue weighted by atomic mass is 10.0. The van der Waals surface area contributed by atoms with Gasteiger partial charge in [0.1, 0.15) is 29.5 Å². The molecular formula is C25H26Cl2O5. The van der Waals surface area contributed by atoms with Gasteiger partial charge in [0.15, 0.2) is 0 Å². The zero-order chi connectivity index (χ0) is 23.1. The molecule has 5 nitrogen and oxygen atoms in total. The van der Waals surface area contributed by atoms with Crippen LogP contribution in [0.15, 0.2) is 36.4 Å². The number of benzene rings is 2. The predicted octanol–water partition coefficient (Wildman–Crippen LogP) is 6.76. The highest BCUT2D eigenvalue weighted by atomic mass is 35.5. The number of allylic oxidation sites excluding steroid dienone is 1. The van der Waals surface area contributed by atoms with Crippen LogP contribution in [-0.2, 0) is 16.1 Å². The first-order valence-electron chi connectivity index (χ1n) is 10.7. The van der Waals surface area contributed by atoms with Crippen molar-refractivity contribution in [1.29, 1.82) is 0 Å². The third kappa shape index (κ3) is 6.75. The van der Waals surface area contributed by atoms with Gasteiger partial charge in [-0.15, -0.1) is 0 Å². The Morgan fingerprint density at radius 3 is 2.69 bits per heavy atom. The third-order valence-electron chi connectivity index (χ3n) is 5.23. The van der Waals surface area contributed by atoms with Crippen molar-refractivity contribution >= 4 is 41.0 Å². The Morgan fingerprint density at radius 2 is 1.91 bits per heavy atom. The Labute approximate surface area is 197 Å². The van der Waals surface area contributed by atoms with Gasteiger partial charge in [-0.25, -0.2) is 4.79 Å². The molecule has 1 atom stereocenters. The number of hydrogen-bond acceptors (Lipinski definition) is 5. The number of carbonyl (C=O) groups is 2. The molecule has 0 fully saturated rings. The number of ether oxygens (including phenoxy) is 2. The molecule has 2 aromatic carbocycles. The molecule has 1 heterocycles. The smallest absolute Gasteiger partial charge is 0.342 e. The monoisotopic (exact) mass is 476 g/mol. The first-order chi connectivity index (χ1) is 15.3. The van der Waals surface area contributed by atoms with Crippen molar-refractivity contribution in [3.8, 4) is 11.5 Å². The minimum Gasteiger partial charge on any atom is -0.507 e. The summed E-state index contributed by atoms with van der Waals surface area (Å²) in [6.07, 6.45) is 6.97. The van der Waals surface area contributed by atoms with E-state index in [0.717, 1.165) is 12.0 Å². The van der Waals surface area contributed by atoms with Crippen LogP contribution in [0.3, 0.4) is 0 Å². The zero-order valence-corrected chi connectivity index (χ0v) is 19.4. The molecular weight excluding hydrogens is 451 g/mol. The number of aromatic hydroxyl groups is 1. The lowest BCUT2D eigenvalue weighted by molar-refractivity contribution is -0.119. The van der Waals surface area contributed by atoms with E-state index in [1.54, 1.807) is 37.3 Å². The van der Waals surface area contributed by atoms with Gasteiger partial charge in [-0.3, -0.25) is 4.79 Å². The van der Waals surface area contributed by atoms with Gasteiger partial charge in [-0.1, -0.05) is 41.4 Å². The number of Topliss-reactive ketones (excluding diaryl/α,β-unsaturated/α-hetero) is 1. The first kappa shape index (κ1) is 24.1. The fourth-order valence-corrected chi connectivity index (χ4v) is 3.96. The van der Waals surface area contributed by atoms with Crippen molar-refractivity contribution in [2.75, 3.05) is 0 Å². The molecule has 0 aliphatic carbocycles. The summed E-state index contributed by atoms with van der Waals surface area (Å²) < 4.78 is 11.3. The number of hydrogen-bond donors (Lipinski definition) is 1. The summed E-state index contributed by atoms with van der Waals surface area (Å²) in [7, 11) is 0. The van der Waals surface area contributed by atoms with Crippen molar-refractivity contribution < 1.29 is 24.2 Å². The van der Waals surface area contributed by atoms with Gasteiger partial charge in [0, 0.05) is 34.5 Å². The predicted molar refractivity (Wildman–Crippen MR) is 126 cm³/mol. The molecule has 1 aliphatic heterocycles. The highest BCUT2D eigenvalue weighted by Crippen LogP contribution is 2.32. The minimum absolute atomic E-state index is 0.0955. The van der Waals surface area contributed by atoms with E-state index in [1.165, 1.54) is 6.07 Å². The van der Waals surface area contributed by atoms with Crippen molar-refractivity contribution in [2.24, 2.45) is 0 Å². The molecule has 0 unspecified atom stereocenters. The van der Waals surface area contributed by atoms with Crippen molar-refractivity contribution in [2.45, 2.75) is 58.2 Å². The van der Waals surface area contributed by atoms with E-state index in [0.29, 0.717) is 53.5 Å². The highest BCUT2D eigenvalue weighted by Gasteiger charge is 2.21. The maximum Gasteiger partial charge on any atom is 0.342 e. The van der Waals surface area contributed by atoms with Gasteiger partial charge in [0.2, 0.25) is 0 Å². The van der Waals surface area contributed by atoms with Gasteiger partial charge < -0.3 is 14.6 Å². The molecule has 170 valence electrons. The summed E-state index contributed by atoms with van der Waals surface area (Å²) in [5.41, 5.74) is 1.32. The average Bonchev–Trinajstić information content (AvgIpc) is 2.72. The molecule has 0 bridgehead atoms. The van der Waals surface area contributed by atoms with E-state index in [2.05, 4.69) is 0 Å². The van der Waals surface area contributed by atoms with Crippen molar-refractivity contribution in [3.05, 3.63) is 63.1 Å². The minimum atomic E-state index is -0.606. The summed E-state index contributed by atoms with van der Waals surface area (Å²) >= 11 is 12.1. The van der Waals surface area contributed by atoms with Crippen LogP contribution in [0.2, 0.25) is 10.0 Å². The summed E-state index contributed by atoms with van der Waals surface area (Å²) in [5, 5.41) is 11.6. The molecule has 0 radical (unpaired) electrons. The van der Waals surface area contributed by atoms with Gasteiger partial charge in [0.25, 0.3) is 0 Å². The molecule has 32 heavy (non-hydrogen) atoms. The Morgan fingerprint density at radius 1 is 1.12 bits per heavy atom. The van der Waals surface area contributed by atoms with Crippen LogP contribution in [-0.4, -0.2) is 23.0 Å². The molecule has 0 spiro atoms. The number of cyclic esters (lactones) is 1. The third-order valence-corrected chi connectivity index (χ3v) is 5.82. The summed E-state index contributed by atoms with van der Waals surface area (Å²) in [6.45, 7) is 1.95. The van der Waals surface area contributed by atoms with E-state index < -0.39 is 5.97 Å². The second-order valence-corrected chi connectivity index (χ2v) is 8.72. The zero-order valence-electron chi connectivity index (χ0n) is 17.9. The van der Waals surface area contributed by atoms with E-state index in [9.17, 15) is 14.7 Å². The van der Waals surface area contributed by atoms with E-state index in [-0.39, 0.29) is 29.8 Å². The van der Waals surface area contributed by atoms with Crippen LogP contribution in [0.5, 0.6) is 11.5 Å². The highest BCUT2D eigenvalue weighted by molar-refractivity contribution is 6.35. The number of phenols is 1. The fraction of sp³-hybridized carbons (Fsp3) is 0.360. The van der Waals surface area contributed by atoms with Gasteiger partial charge in [-0.05, 0) is 56.4 Å². The van der Waals surface area contributed by atoms with E-state index >= 15 is 0 Å². The van der Waals surface area contributed by atoms with Crippen molar-refractivity contribution in [3.63, 3.8) is 0 Å². The molecule has 2 aromatic rings. The maximum absolute atomic E-state index is 12.8. The summed E-state index contributed by atoms with van der Waals surface area (Å²) in [5.74, 6) is -0.216. The molecule has 1 N–H and O–H groups in total. The van der Waals surface area contributed by atoms with Gasteiger partial charge >= 0.3 is 5.97 Å². The first-order valence-corrected chi connectivity index (χ1v) is 11.4. The van der Waals surface area contributed by atoms with E-state index in [1.807, 2.05) is 6.08 Å². The standard InChI is InChI=1S/C25H26Cl2O5/c1-16-6-5-9-20(28)8-4-2-3-7-17-12-21(14-23(29)24(17)25(30)32-16)31-15-18-10-11-19(26)13-22(18)27/h3,7,10-14,16,29H,2,4-6,8-9,15H2,1H3/t16-/m1/s1. The van der Waals surface area contributed by atoms with Gasteiger partial charge in [0.05, 0.1) is 6.10 Å². The normalized spacial score (nSPS) is 17.9. The Kier molecular flexibility index (Phi) is 8.60. The maximum atomic E-state index is 12.8. The Balaban J connectivity index is 1.86. The topological polar surface area (TPSA) is 72.8 Å². The second kappa shape index (κ2) is 11.4. The van der Waals surface area contributed by atoms with Crippen LogP contribution in [0, 0.1) is 0 Å². The molecule has 3 rings (SSSR count). The number of fused-ring (bicyclic) bond motifs is 1. The molecule has 1 aliphatic rings. The summed E-state index contributed by atoms with van der Waals surface area (Å²) in [4.78, 5) is 24.7. The molecule has 0 amide bonds. The van der Waals surface area contributed by atoms with E-state index in [4.69, 9.17) is 32.7 Å². The number of ketones is 1. The number of halogens is 2. The molecule has 0 saturated carbocycles. The van der Waals surface area contributed by atoms with Crippen LogP contribution in [0.1, 0.15) is 66.9 Å². The summed E-state index contributed by atoms with van der Waals surface area (Å²) in [6, 6.07) is 8.19. The molecule has 7 heteroatoms. The Hall–Kier alpha value is -2.50. The van der Waals surface area contributed by atoms with Crippen LogP contribution in [0.4, 0.5) is 0 Å². The quantitative estimate of drug-likeness (QED) is 0.495. The lowest BCUT2D eigenvalue weighted by Gasteiger charge is -2.17. The average molecular weight is 477 g/mol.